The first-order chi connectivity index (χ1) is 8.08. The number of methoxy groups -OCH3 is 1. The molecule has 0 bridgehead atoms. The van der Waals surface area contributed by atoms with E-state index >= 15 is 0 Å². The fourth-order valence-electron chi connectivity index (χ4n) is 1.75. The summed E-state index contributed by atoms with van der Waals surface area (Å²) in [6, 6.07) is 0. The number of carbonyl (C=O) groups excluding carboxylic acids is 2. The molecule has 1 aliphatic rings. The van der Waals surface area contributed by atoms with Crippen molar-refractivity contribution in [3.05, 3.63) is 0 Å². The Morgan fingerprint density at radius 3 is 2.35 bits per heavy atom. The molecular formula is C11H19BrN2O3. The smallest absolute Gasteiger partial charge is 0.319 e. The largest absolute Gasteiger partial charge is 0.468 e. The minimum Gasteiger partial charge on any atom is -0.468 e. The van der Waals surface area contributed by atoms with Gasteiger partial charge in [0.05, 0.1) is 18.5 Å². The molecule has 0 N–H and O–H groups in total. The van der Waals surface area contributed by atoms with E-state index in [2.05, 4.69) is 20.7 Å². The van der Waals surface area contributed by atoms with Crippen molar-refractivity contribution in [2.75, 3.05) is 39.8 Å². The van der Waals surface area contributed by atoms with Crippen molar-refractivity contribution in [3.63, 3.8) is 0 Å². The number of esters is 1. The molecule has 0 saturated carbocycles. The van der Waals surface area contributed by atoms with E-state index in [-0.39, 0.29) is 16.7 Å². The zero-order valence-electron chi connectivity index (χ0n) is 10.3. The van der Waals surface area contributed by atoms with Crippen LogP contribution in [-0.2, 0) is 14.3 Å². The first-order valence-electron chi connectivity index (χ1n) is 5.80. The topological polar surface area (TPSA) is 49.9 Å². The summed E-state index contributed by atoms with van der Waals surface area (Å²) in [5.41, 5.74) is 0. The molecule has 1 unspecified atom stereocenters. The van der Waals surface area contributed by atoms with Gasteiger partial charge in [-0.05, 0) is 6.42 Å². The van der Waals surface area contributed by atoms with Crippen LogP contribution in [0.3, 0.4) is 0 Å². The van der Waals surface area contributed by atoms with Crippen molar-refractivity contribution in [2.24, 2.45) is 0 Å². The summed E-state index contributed by atoms with van der Waals surface area (Å²) < 4.78 is 4.61. The summed E-state index contributed by atoms with van der Waals surface area (Å²) in [7, 11) is 1.39. The number of ether oxygens (including phenoxy) is 1. The standard InChI is InChI=1S/C11H19BrN2O3/c1-3-9(12)11(16)14-6-4-13(5-7-14)8-10(15)17-2/h9H,3-8H2,1-2H3. The molecule has 98 valence electrons. The monoisotopic (exact) mass is 306 g/mol. The van der Waals surface area contributed by atoms with Crippen molar-refractivity contribution < 1.29 is 14.3 Å². The van der Waals surface area contributed by atoms with E-state index in [0.29, 0.717) is 19.6 Å². The summed E-state index contributed by atoms with van der Waals surface area (Å²) in [5.74, 6) is -0.0816. The van der Waals surface area contributed by atoms with E-state index in [1.54, 1.807) is 0 Å². The molecule has 17 heavy (non-hydrogen) atoms. The van der Waals surface area contributed by atoms with E-state index in [9.17, 15) is 9.59 Å². The van der Waals surface area contributed by atoms with Gasteiger partial charge in [-0.25, -0.2) is 0 Å². The SMILES string of the molecule is CCC(Br)C(=O)N1CCN(CC(=O)OC)CC1. The van der Waals surface area contributed by atoms with Crippen LogP contribution in [0.1, 0.15) is 13.3 Å². The fourth-order valence-corrected chi connectivity index (χ4v) is 2.04. The van der Waals surface area contributed by atoms with Crippen LogP contribution in [0, 0.1) is 0 Å². The molecule has 1 saturated heterocycles. The second-order valence-electron chi connectivity index (χ2n) is 4.05. The van der Waals surface area contributed by atoms with Gasteiger partial charge in [0.25, 0.3) is 0 Å². The lowest BCUT2D eigenvalue weighted by molar-refractivity contribution is -0.142. The molecule has 1 amide bonds. The molecule has 1 atom stereocenters. The first-order valence-corrected chi connectivity index (χ1v) is 6.72. The molecule has 1 fully saturated rings. The Morgan fingerprint density at radius 2 is 1.88 bits per heavy atom. The lowest BCUT2D eigenvalue weighted by atomic mass is 10.2. The number of piperazine rings is 1. The van der Waals surface area contributed by atoms with E-state index in [1.165, 1.54) is 7.11 Å². The third-order valence-corrected chi connectivity index (χ3v) is 3.93. The van der Waals surface area contributed by atoms with E-state index in [0.717, 1.165) is 19.5 Å². The Bertz CT molecular complexity index is 278. The predicted octanol–water partition coefficient (Wildman–Crippen LogP) is 0.477. The molecular weight excluding hydrogens is 288 g/mol. The van der Waals surface area contributed by atoms with Crippen molar-refractivity contribution in [1.82, 2.24) is 9.80 Å². The highest BCUT2D eigenvalue weighted by Gasteiger charge is 2.25. The van der Waals surface area contributed by atoms with Crippen molar-refractivity contribution in [3.8, 4) is 0 Å². The Morgan fingerprint density at radius 1 is 1.29 bits per heavy atom. The van der Waals surface area contributed by atoms with Gasteiger partial charge < -0.3 is 9.64 Å². The number of rotatable bonds is 4. The Labute approximate surface area is 110 Å². The summed E-state index contributed by atoms with van der Waals surface area (Å²) in [4.78, 5) is 26.7. The fraction of sp³-hybridized carbons (Fsp3) is 0.818. The van der Waals surface area contributed by atoms with Crippen molar-refractivity contribution in [2.45, 2.75) is 18.2 Å². The van der Waals surface area contributed by atoms with Gasteiger partial charge in [0.2, 0.25) is 5.91 Å². The van der Waals surface area contributed by atoms with Gasteiger partial charge in [-0.1, -0.05) is 22.9 Å². The maximum Gasteiger partial charge on any atom is 0.319 e. The van der Waals surface area contributed by atoms with E-state index in [4.69, 9.17) is 0 Å². The number of alkyl halides is 1. The molecule has 1 rings (SSSR count). The van der Waals surface area contributed by atoms with Crippen LogP contribution in [0.15, 0.2) is 0 Å². The molecule has 0 radical (unpaired) electrons. The van der Waals surface area contributed by atoms with Gasteiger partial charge in [-0.2, -0.15) is 0 Å². The zero-order valence-corrected chi connectivity index (χ0v) is 11.9. The molecule has 0 aromatic rings. The molecule has 0 aliphatic carbocycles. The van der Waals surface area contributed by atoms with Crippen LogP contribution >= 0.6 is 15.9 Å². The van der Waals surface area contributed by atoms with Crippen LogP contribution in [0.25, 0.3) is 0 Å². The Kier molecular flexibility index (Phi) is 5.91. The lowest BCUT2D eigenvalue weighted by Crippen LogP contribution is -2.51. The number of halogens is 1. The Balaban J connectivity index is 2.35. The quantitative estimate of drug-likeness (QED) is 0.560. The van der Waals surface area contributed by atoms with Gasteiger partial charge in [-0.15, -0.1) is 0 Å². The van der Waals surface area contributed by atoms with Gasteiger partial charge in [0, 0.05) is 26.2 Å². The molecule has 0 aromatic carbocycles. The van der Waals surface area contributed by atoms with Crippen LogP contribution in [0.4, 0.5) is 0 Å². The molecule has 5 nitrogen and oxygen atoms in total. The molecule has 0 spiro atoms. The second-order valence-corrected chi connectivity index (χ2v) is 5.16. The van der Waals surface area contributed by atoms with Crippen molar-refractivity contribution in [1.29, 1.82) is 0 Å². The molecule has 6 heteroatoms. The summed E-state index contributed by atoms with van der Waals surface area (Å²) >= 11 is 3.37. The van der Waals surface area contributed by atoms with Gasteiger partial charge >= 0.3 is 5.97 Å². The highest BCUT2D eigenvalue weighted by Crippen LogP contribution is 2.11. The molecule has 1 heterocycles. The maximum atomic E-state index is 11.9. The number of amides is 1. The minimum atomic E-state index is -0.225. The van der Waals surface area contributed by atoms with Crippen LogP contribution < -0.4 is 0 Å². The minimum absolute atomic E-state index is 0.0883. The number of hydrogen-bond acceptors (Lipinski definition) is 4. The Hall–Kier alpha value is -0.620. The zero-order chi connectivity index (χ0) is 12.8. The average Bonchev–Trinajstić information content (AvgIpc) is 2.37. The summed E-state index contributed by atoms with van der Waals surface area (Å²) in [6.45, 7) is 5.10. The average molecular weight is 307 g/mol. The van der Waals surface area contributed by atoms with Crippen LogP contribution in [0.5, 0.6) is 0 Å². The number of hydrogen-bond donors (Lipinski definition) is 0. The lowest BCUT2D eigenvalue weighted by Gasteiger charge is -2.34. The first kappa shape index (κ1) is 14.4. The highest BCUT2D eigenvalue weighted by molar-refractivity contribution is 9.10. The van der Waals surface area contributed by atoms with Crippen LogP contribution in [-0.4, -0.2) is 66.3 Å². The molecule has 0 aromatic heterocycles. The van der Waals surface area contributed by atoms with E-state index < -0.39 is 0 Å². The van der Waals surface area contributed by atoms with Crippen LogP contribution in [0.2, 0.25) is 0 Å². The van der Waals surface area contributed by atoms with Gasteiger partial charge in [0.15, 0.2) is 0 Å². The maximum absolute atomic E-state index is 11.9. The van der Waals surface area contributed by atoms with Crippen molar-refractivity contribution >= 4 is 27.8 Å². The number of nitrogens with zero attached hydrogens (tertiary/aromatic N) is 2. The van der Waals surface area contributed by atoms with E-state index in [1.807, 2.05) is 16.7 Å². The second kappa shape index (κ2) is 6.96. The third kappa shape index (κ3) is 4.27. The molecule has 1 aliphatic heterocycles. The summed E-state index contributed by atoms with van der Waals surface area (Å²) in [5, 5.41) is 0. The normalized spacial score (nSPS) is 18.9. The predicted molar refractivity (Wildman–Crippen MR) is 68.0 cm³/mol. The van der Waals surface area contributed by atoms with Gasteiger partial charge in [0.1, 0.15) is 0 Å². The highest BCUT2D eigenvalue weighted by atomic mass is 79.9. The van der Waals surface area contributed by atoms with Gasteiger partial charge in [-0.3, -0.25) is 14.5 Å². The number of carbonyl (C=O) groups is 2. The summed E-state index contributed by atoms with van der Waals surface area (Å²) in [6.07, 6.45) is 0.793. The third-order valence-electron chi connectivity index (χ3n) is 2.89.